The molecule has 2 heteroatoms. The summed E-state index contributed by atoms with van der Waals surface area (Å²) in [5, 5.41) is 0. The summed E-state index contributed by atoms with van der Waals surface area (Å²) in [5.41, 5.74) is 0. The van der Waals surface area contributed by atoms with Crippen molar-refractivity contribution in [3.8, 4) is 0 Å². The lowest BCUT2D eigenvalue weighted by molar-refractivity contribution is -0.123. The highest BCUT2D eigenvalue weighted by Crippen LogP contribution is 2.22. The topological polar surface area (TPSA) is 26.3 Å². The number of ether oxygens (including phenoxy) is 1. The third-order valence-corrected chi connectivity index (χ3v) is 2.13. The van der Waals surface area contributed by atoms with Crippen molar-refractivity contribution < 1.29 is 9.53 Å². The minimum atomic E-state index is 0.126. The van der Waals surface area contributed by atoms with E-state index in [0.29, 0.717) is 6.10 Å². The molecule has 0 radical (unpaired) electrons. The lowest BCUT2D eigenvalue weighted by atomic mass is 9.94. The first kappa shape index (κ1) is 7.73. The molecule has 0 saturated carbocycles. The van der Waals surface area contributed by atoms with Crippen LogP contribution >= 0.6 is 0 Å². The lowest BCUT2D eigenvalue weighted by Gasteiger charge is -2.29. The Balaban J connectivity index is 2.43. The average molecular weight is 142 g/mol. The Labute approximate surface area is 61.6 Å². The van der Waals surface area contributed by atoms with Crippen LogP contribution in [0.1, 0.15) is 26.7 Å². The SMILES string of the molecule is C[C@H]1CC[C@@H](C=O)[C@@H](C)O1. The first-order valence-corrected chi connectivity index (χ1v) is 3.84. The normalized spacial score (nSPS) is 41.2. The fraction of sp³-hybridized carbons (Fsp3) is 0.875. The summed E-state index contributed by atoms with van der Waals surface area (Å²) < 4.78 is 5.46. The van der Waals surface area contributed by atoms with Gasteiger partial charge in [0.05, 0.1) is 12.2 Å². The monoisotopic (exact) mass is 142 g/mol. The van der Waals surface area contributed by atoms with Crippen LogP contribution in [0, 0.1) is 5.92 Å². The van der Waals surface area contributed by atoms with Crippen LogP contribution in [0.5, 0.6) is 0 Å². The van der Waals surface area contributed by atoms with Gasteiger partial charge in [0.2, 0.25) is 0 Å². The Morgan fingerprint density at radius 2 is 2.10 bits per heavy atom. The van der Waals surface area contributed by atoms with E-state index in [0.717, 1.165) is 19.1 Å². The molecule has 1 rings (SSSR count). The van der Waals surface area contributed by atoms with Crippen LogP contribution in [0.15, 0.2) is 0 Å². The van der Waals surface area contributed by atoms with Gasteiger partial charge < -0.3 is 9.53 Å². The number of aldehydes is 1. The molecule has 1 heterocycles. The standard InChI is InChI=1S/C8H14O2/c1-6-3-4-8(5-9)7(2)10-6/h5-8H,3-4H2,1-2H3/t6-,7+,8-/m0/s1. The summed E-state index contributed by atoms with van der Waals surface area (Å²) in [7, 11) is 0. The van der Waals surface area contributed by atoms with Crippen LogP contribution < -0.4 is 0 Å². The molecule has 0 amide bonds. The Bertz CT molecular complexity index is 122. The van der Waals surface area contributed by atoms with E-state index in [1.165, 1.54) is 0 Å². The van der Waals surface area contributed by atoms with Gasteiger partial charge in [0.15, 0.2) is 0 Å². The van der Waals surface area contributed by atoms with Crippen LogP contribution in [-0.4, -0.2) is 18.5 Å². The molecule has 0 aromatic heterocycles. The summed E-state index contributed by atoms with van der Waals surface area (Å²) in [5.74, 6) is 0.135. The minimum Gasteiger partial charge on any atom is -0.375 e. The smallest absolute Gasteiger partial charge is 0.125 e. The first-order chi connectivity index (χ1) is 4.74. The molecule has 0 aromatic rings. The molecular weight excluding hydrogens is 128 g/mol. The van der Waals surface area contributed by atoms with Crippen molar-refractivity contribution in [3.63, 3.8) is 0 Å². The van der Waals surface area contributed by atoms with Crippen LogP contribution in [-0.2, 0) is 9.53 Å². The van der Waals surface area contributed by atoms with Gasteiger partial charge in [-0.05, 0) is 26.7 Å². The summed E-state index contributed by atoms with van der Waals surface area (Å²) in [6.07, 6.45) is 3.49. The molecule has 0 N–H and O–H groups in total. The third kappa shape index (κ3) is 1.57. The zero-order chi connectivity index (χ0) is 7.56. The maximum atomic E-state index is 10.4. The van der Waals surface area contributed by atoms with Crippen LogP contribution in [0.2, 0.25) is 0 Å². The van der Waals surface area contributed by atoms with E-state index in [1.807, 2.05) is 6.92 Å². The molecule has 10 heavy (non-hydrogen) atoms. The van der Waals surface area contributed by atoms with E-state index in [4.69, 9.17) is 4.74 Å². The molecule has 1 saturated heterocycles. The van der Waals surface area contributed by atoms with Gasteiger partial charge in [-0.1, -0.05) is 0 Å². The van der Waals surface area contributed by atoms with Crippen molar-refractivity contribution in [3.05, 3.63) is 0 Å². The van der Waals surface area contributed by atoms with E-state index in [-0.39, 0.29) is 12.0 Å². The Morgan fingerprint density at radius 1 is 1.40 bits per heavy atom. The molecule has 0 aliphatic carbocycles. The fourth-order valence-corrected chi connectivity index (χ4v) is 1.38. The minimum absolute atomic E-state index is 0.126. The van der Waals surface area contributed by atoms with Crippen LogP contribution in [0.4, 0.5) is 0 Å². The van der Waals surface area contributed by atoms with Gasteiger partial charge in [0.25, 0.3) is 0 Å². The molecule has 0 unspecified atom stereocenters. The molecule has 0 aromatic carbocycles. The second kappa shape index (κ2) is 3.15. The fourth-order valence-electron chi connectivity index (χ4n) is 1.38. The molecule has 58 valence electrons. The molecular formula is C8H14O2. The van der Waals surface area contributed by atoms with Crippen molar-refractivity contribution in [1.29, 1.82) is 0 Å². The summed E-state index contributed by atoms with van der Waals surface area (Å²) in [6, 6.07) is 0. The van der Waals surface area contributed by atoms with Gasteiger partial charge in [-0.15, -0.1) is 0 Å². The van der Waals surface area contributed by atoms with Gasteiger partial charge in [-0.2, -0.15) is 0 Å². The predicted molar refractivity (Wildman–Crippen MR) is 38.8 cm³/mol. The predicted octanol–water partition coefficient (Wildman–Crippen LogP) is 1.39. The van der Waals surface area contributed by atoms with Gasteiger partial charge in [0.1, 0.15) is 6.29 Å². The number of hydrogen-bond acceptors (Lipinski definition) is 2. The summed E-state index contributed by atoms with van der Waals surface area (Å²) in [6.45, 7) is 4.02. The highest BCUT2D eigenvalue weighted by Gasteiger charge is 2.24. The number of hydrogen-bond donors (Lipinski definition) is 0. The van der Waals surface area contributed by atoms with Gasteiger partial charge in [0, 0.05) is 5.92 Å². The van der Waals surface area contributed by atoms with Gasteiger partial charge >= 0.3 is 0 Å². The maximum Gasteiger partial charge on any atom is 0.125 e. The van der Waals surface area contributed by atoms with E-state index in [9.17, 15) is 4.79 Å². The van der Waals surface area contributed by atoms with E-state index in [2.05, 4.69) is 6.92 Å². The molecule has 2 nitrogen and oxygen atoms in total. The Morgan fingerprint density at radius 3 is 2.60 bits per heavy atom. The van der Waals surface area contributed by atoms with Crippen LogP contribution in [0.3, 0.4) is 0 Å². The van der Waals surface area contributed by atoms with Crippen molar-refractivity contribution >= 4 is 6.29 Å². The van der Waals surface area contributed by atoms with E-state index >= 15 is 0 Å². The Hall–Kier alpha value is -0.370. The van der Waals surface area contributed by atoms with E-state index in [1.54, 1.807) is 0 Å². The van der Waals surface area contributed by atoms with Crippen molar-refractivity contribution in [2.75, 3.05) is 0 Å². The van der Waals surface area contributed by atoms with Crippen molar-refractivity contribution in [2.24, 2.45) is 5.92 Å². The second-order valence-corrected chi connectivity index (χ2v) is 3.03. The summed E-state index contributed by atoms with van der Waals surface area (Å²) >= 11 is 0. The zero-order valence-electron chi connectivity index (χ0n) is 6.54. The molecule has 1 aliphatic rings. The number of carbonyl (C=O) groups excluding carboxylic acids is 1. The van der Waals surface area contributed by atoms with Gasteiger partial charge in [-0.25, -0.2) is 0 Å². The first-order valence-electron chi connectivity index (χ1n) is 3.84. The quantitative estimate of drug-likeness (QED) is 0.517. The third-order valence-electron chi connectivity index (χ3n) is 2.13. The largest absolute Gasteiger partial charge is 0.375 e. The number of rotatable bonds is 1. The summed E-state index contributed by atoms with van der Waals surface area (Å²) in [4.78, 5) is 10.4. The maximum absolute atomic E-state index is 10.4. The average Bonchev–Trinajstić information content (AvgIpc) is 1.88. The van der Waals surface area contributed by atoms with E-state index < -0.39 is 0 Å². The van der Waals surface area contributed by atoms with Crippen molar-refractivity contribution in [2.45, 2.75) is 38.9 Å². The highest BCUT2D eigenvalue weighted by atomic mass is 16.5. The second-order valence-electron chi connectivity index (χ2n) is 3.03. The Kier molecular flexibility index (Phi) is 2.44. The van der Waals surface area contributed by atoms with Crippen molar-refractivity contribution in [1.82, 2.24) is 0 Å². The van der Waals surface area contributed by atoms with Gasteiger partial charge in [-0.3, -0.25) is 0 Å². The molecule has 1 fully saturated rings. The van der Waals surface area contributed by atoms with Crippen LogP contribution in [0.25, 0.3) is 0 Å². The molecule has 1 aliphatic heterocycles. The molecule has 3 atom stereocenters. The highest BCUT2D eigenvalue weighted by molar-refractivity contribution is 5.54. The zero-order valence-corrected chi connectivity index (χ0v) is 6.54. The molecule has 0 bridgehead atoms. The number of carbonyl (C=O) groups is 1. The molecule has 0 spiro atoms. The lowest BCUT2D eigenvalue weighted by Crippen LogP contribution is -2.32.